The number of furan rings is 1. The average molecular weight is 409 g/mol. The zero-order chi connectivity index (χ0) is 16.1. The Morgan fingerprint density at radius 3 is 2.91 bits per heavy atom. The van der Waals surface area contributed by atoms with Gasteiger partial charge in [-0.1, -0.05) is 29.3 Å². The fourth-order valence-corrected chi connectivity index (χ4v) is 2.27. The van der Waals surface area contributed by atoms with Crippen LogP contribution in [0.15, 0.2) is 39.6 Å². The SMILES string of the molecule is O=C(NCC(O)COc1cccc(Cl)c1Cl)c1coc(Br)c1. The first-order valence-corrected chi connectivity index (χ1v) is 7.79. The van der Waals surface area contributed by atoms with Crippen molar-refractivity contribution in [2.45, 2.75) is 6.10 Å². The van der Waals surface area contributed by atoms with E-state index in [1.54, 1.807) is 18.2 Å². The standard InChI is InChI=1S/C14H12BrCl2NO4/c15-12-4-8(6-22-12)14(20)18-5-9(19)7-21-11-3-1-2-10(16)13(11)17/h1-4,6,9,19H,5,7H2,(H,18,20). The van der Waals surface area contributed by atoms with E-state index >= 15 is 0 Å². The van der Waals surface area contributed by atoms with Crippen LogP contribution in [0.1, 0.15) is 10.4 Å². The summed E-state index contributed by atoms with van der Waals surface area (Å²) in [6.45, 7) is -0.00472. The van der Waals surface area contributed by atoms with Crippen LogP contribution >= 0.6 is 39.1 Å². The highest BCUT2D eigenvalue weighted by Gasteiger charge is 2.13. The summed E-state index contributed by atoms with van der Waals surface area (Å²) >= 11 is 14.9. The van der Waals surface area contributed by atoms with Crippen molar-refractivity contribution in [1.82, 2.24) is 5.32 Å². The van der Waals surface area contributed by atoms with Gasteiger partial charge in [-0.25, -0.2) is 0 Å². The van der Waals surface area contributed by atoms with Crippen LogP contribution in [0.2, 0.25) is 10.0 Å². The van der Waals surface area contributed by atoms with Crippen LogP contribution < -0.4 is 10.1 Å². The molecular formula is C14H12BrCl2NO4. The van der Waals surface area contributed by atoms with Gasteiger partial charge in [0.15, 0.2) is 4.67 Å². The highest BCUT2D eigenvalue weighted by Crippen LogP contribution is 2.31. The topological polar surface area (TPSA) is 71.7 Å². The molecule has 0 saturated heterocycles. The molecule has 0 aliphatic rings. The summed E-state index contributed by atoms with van der Waals surface area (Å²) in [7, 11) is 0. The smallest absolute Gasteiger partial charge is 0.254 e. The lowest BCUT2D eigenvalue weighted by molar-refractivity contribution is 0.0843. The molecule has 2 rings (SSSR count). The maximum absolute atomic E-state index is 11.8. The Labute approximate surface area is 145 Å². The monoisotopic (exact) mass is 407 g/mol. The van der Waals surface area contributed by atoms with Crippen molar-refractivity contribution in [2.24, 2.45) is 0 Å². The van der Waals surface area contributed by atoms with E-state index in [0.717, 1.165) is 0 Å². The van der Waals surface area contributed by atoms with Crippen LogP contribution in [0.4, 0.5) is 0 Å². The summed E-state index contributed by atoms with van der Waals surface area (Å²) < 4.78 is 10.8. The molecule has 0 fully saturated rings. The van der Waals surface area contributed by atoms with Gasteiger partial charge < -0.3 is 19.6 Å². The van der Waals surface area contributed by atoms with E-state index in [1.807, 2.05) is 0 Å². The van der Waals surface area contributed by atoms with Crippen molar-refractivity contribution in [3.05, 3.63) is 50.8 Å². The van der Waals surface area contributed by atoms with Gasteiger partial charge in [-0.2, -0.15) is 0 Å². The van der Waals surface area contributed by atoms with Crippen molar-refractivity contribution in [3.8, 4) is 5.75 Å². The zero-order valence-corrected chi connectivity index (χ0v) is 14.3. The molecule has 0 saturated carbocycles. The lowest BCUT2D eigenvalue weighted by atomic mass is 10.3. The lowest BCUT2D eigenvalue weighted by Crippen LogP contribution is -2.35. The Hall–Kier alpha value is -1.21. The van der Waals surface area contributed by atoms with E-state index in [1.165, 1.54) is 12.3 Å². The second kappa shape index (κ2) is 7.87. The van der Waals surface area contributed by atoms with Gasteiger partial charge >= 0.3 is 0 Å². The number of amides is 1. The Morgan fingerprint density at radius 1 is 1.45 bits per heavy atom. The minimum atomic E-state index is -0.894. The van der Waals surface area contributed by atoms with E-state index < -0.39 is 6.10 Å². The van der Waals surface area contributed by atoms with Gasteiger partial charge in [0.25, 0.3) is 5.91 Å². The minimum absolute atomic E-state index is 0.0276. The first-order chi connectivity index (χ1) is 10.5. The predicted molar refractivity (Wildman–Crippen MR) is 86.7 cm³/mol. The number of nitrogens with one attached hydrogen (secondary N) is 1. The molecule has 0 radical (unpaired) electrons. The zero-order valence-electron chi connectivity index (χ0n) is 11.2. The number of aliphatic hydroxyl groups excluding tert-OH is 1. The first kappa shape index (κ1) is 17.1. The third kappa shape index (κ3) is 4.64. The highest BCUT2D eigenvalue weighted by molar-refractivity contribution is 9.10. The maximum atomic E-state index is 11.8. The number of hydrogen-bond acceptors (Lipinski definition) is 4. The van der Waals surface area contributed by atoms with E-state index in [4.69, 9.17) is 32.4 Å². The summed E-state index contributed by atoms with van der Waals surface area (Å²) in [5.41, 5.74) is 0.359. The van der Waals surface area contributed by atoms with Gasteiger partial charge in [-0.05, 0) is 28.1 Å². The summed E-state index contributed by atoms with van der Waals surface area (Å²) in [4.78, 5) is 11.8. The van der Waals surface area contributed by atoms with Crippen molar-refractivity contribution < 1.29 is 19.1 Å². The third-order valence-electron chi connectivity index (χ3n) is 2.68. The number of carbonyl (C=O) groups excluding carboxylic acids is 1. The highest BCUT2D eigenvalue weighted by atomic mass is 79.9. The molecule has 118 valence electrons. The Bertz CT molecular complexity index is 662. The number of carbonyl (C=O) groups is 1. The Morgan fingerprint density at radius 2 is 2.23 bits per heavy atom. The minimum Gasteiger partial charge on any atom is -0.489 e. The molecule has 2 aromatic rings. The normalized spacial score (nSPS) is 12.0. The van der Waals surface area contributed by atoms with Crippen LogP contribution in [-0.4, -0.2) is 30.3 Å². The Balaban J connectivity index is 1.79. The molecule has 0 spiro atoms. The van der Waals surface area contributed by atoms with E-state index in [9.17, 15) is 9.90 Å². The van der Waals surface area contributed by atoms with Gasteiger partial charge in [0.1, 0.15) is 29.7 Å². The molecule has 1 heterocycles. The first-order valence-electron chi connectivity index (χ1n) is 6.24. The molecule has 1 atom stereocenters. The molecule has 22 heavy (non-hydrogen) atoms. The third-order valence-corrected chi connectivity index (χ3v) is 3.89. The van der Waals surface area contributed by atoms with Gasteiger partial charge in [0, 0.05) is 12.6 Å². The van der Waals surface area contributed by atoms with Crippen molar-refractivity contribution in [2.75, 3.05) is 13.2 Å². The molecule has 0 aliphatic carbocycles. The van der Waals surface area contributed by atoms with Gasteiger partial charge in [0.05, 0.1) is 10.6 Å². The van der Waals surface area contributed by atoms with E-state index in [-0.39, 0.29) is 24.1 Å². The number of aliphatic hydroxyl groups is 1. The number of hydrogen-bond donors (Lipinski definition) is 2. The predicted octanol–water partition coefficient (Wildman–Crippen LogP) is 3.52. The molecule has 8 heteroatoms. The molecule has 0 bridgehead atoms. The maximum Gasteiger partial charge on any atom is 0.254 e. The van der Waals surface area contributed by atoms with Crippen LogP contribution in [0.3, 0.4) is 0 Å². The molecule has 0 aliphatic heterocycles. The van der Waals surface area contributed by atoms with E-state index in [2.05, 4.69) is 21.2 Å². The van der Waals surface area contributed by atoms with Gasteiger partial charge in [0.2, 0.25) is 0 Å². The number of benzene rings is 1. The van der Waals surface area contributed by atoms with Crippen LogP contribution in [-0.2, 0) is 0 Å². The average Bonchev–Trinajstić information content (AvgIpc) is 2.93. The molecule has 2 N–H and O–H groups in total. The molecule has 5 nitrogen and oxygen atoms in total. The van der Waals surface area contributed by atoms with Crippen LogP contribution in [0.5, 0.6) is 5.75 Å². The lowest BCUT2D eigenvalue weighted by Gasteiger charge is -2.14. The van der Waals surface area contributed by atoms with Gasteiger partial charge in [-0.15, -0.1) is 0 Å². The summed E-state index contributed by atoms with van der Waals surface area (Å²) in [5.74, 6) is 0.0209. The van der Waals surface area contributed by atoms with E-state index in [0.29, 0.717) is 21.0 Å². The number of rotatable bonds is 6. The molecule has 1 aromatic heterocycles. The summed E-state index contributed by atoms with van der Waals surface area (Å²) in [5, 5.41) is 13.0. The quantitative estimate of drug-likeness (QED) is 0.766. The fraction of sp³-hybridized carbons (Fsp3) is 0.214. The summed E-state index contributed by atoms with van der Waals surface area (Å²) in [6.07, 6.45) is 0.419. The van der Waals surface area contributed by atoms with Gasteiger partial charge in [-0.3, -0.25) is 4.79 Å². The molecule has 1 amide bonds. The number of halogens is 3. The second-order valence-corrected chi connectivity index (χ2v) is 5.93. The number of ether oxygens (including phenoxy) is 1. The Kier molecular flexibility index (Phi) is 6.14. The fourth-order valence-electron chi connectivity index (χ4n) is 1.58. The molecule has 1 aromatic carbocycles. The van der Waals surface area contributed by atoms with Crippen molar-refractivity contribution in [3.63, 3.8) is 0 Å². The van der Waals surface area contributed by atoms with Crippen LogP contribution in [0, 0.1) is 0 Å². The van der Waals surface area contributed by atoms with Crippen LogP contribution in [0.25, 0.3) is 0 Å². The largest absolute Gasteiger partial charge is 0.489 e. The summed E-state index contributed by atoms with van der Waals surface area (Å²) in [6, 6.07) is 6.50. The van der Waals surface area contributed by atoms with Crippen molar-refractivity contribution in [1.29, 1.82) is 0 Å². The molecular weight excluding hydrogens is 397 g/mol. The second-order valence-electron chi connectivity index (χ2n) is 4.37. The van der Waals surface area contributed by atoms with Crippen molar-refractivity contribution >= 4 is 45.0 Å². The molecule has 1 unspecified atom stereocenters.